The van der Waals surface area contributed by atoms with Crippen LogP contribution in [0.4, 0.5) is 4.39 Å². The first-order valence-corrected chi connectivity index (χ1v) is 5.35. The standard InChI is InChI=1S/C12H16FNO/c1-8-4-12(15)10(6-11(8)13)5-9-2-3-14-7-9/h4,6,9,14-15H,2-3,5,7H2,1H3. The third-order valence-corrected chi connectivity index (χ3v) is 3.03. The van der Waals surface area contributed by atoms with Crippen LogP contribution in [0, 0.1) is 18.7 Å². The van der Waals surface area contributed by atoms with Crippen LogP contribution in [0.5, 0.6) is 5.75 Å². The smallest absolute Gasteiger partial charge is 0.126 e. The van der Waals surface area contributed by atoms with Gasteiger partial charge >= 0.3 is 0 Å². The molecule has 2 rings (SSSR count). The summed E-state index contributed by atoms with van der Waals surface area (Å²) in [7, 11) is 0. The summed E-state index contributed by atoms with van der Waals surface area (Å²) in [5.41, 5.74) is 1.23. The number of aromatic hydroxyl groups is 1. The lowest BCUT2D eigenvalue weighted by Crippen LogP contribution is -2.11. The summed E-state index contributed by atoms with van der Waals surface area (Å²) in [6.45, 7) is 3.66. The van der Waals surface area contributed by atoms with E-state index in [1.165, 1.54) is 12.1 Å². The quantitative estimate of drug-likeness (QED) is 0.780. The van der Waals surface area contributed by atoms with Crippen LogP contribution < -0.4 is 5.32 Å². The number of phenolic OH excluding ortho intramolecular Hbond substituents is 1. The topological polar surface area (TPSA) is 32.3 Å². The van der Waals surface area contributed by atoms with E-state index in [2.05, 4.69) is 5.32 Å². The van der Waals surface area contributed by atoms with Crippen LogP contribution in [-0.4, -0.2) is 18.2 Å². The summed E-state index contributed by atoms with van der Waals surface area (Å²) in [5, 5.41) is 13.0. The van der Waals surface area contributed by atoms with Gasteiger partial charge in [0.05, 0.1) is 0 Å². The van der Waals surface area contributed by atoms with E-state index in [9.17, 15) is 9.50 Å². The average Bonchev–Trinajstić information content (AvgIpc) is 2.67. The molecule has 0 spiro atoms. The van der Waals surface area contributed by atoms with Crippen molar-refractivity contribution in [1.29, 1.82) is 0 Å². The van der Waals surface area contributed by atoms with Crippen LogP contribution in [0.2, 0.25) is 0 Å². The Hall–Kier alpha value is -1.09. The Morgan fingerprint density at radius 3 is 3.00 bits per heavy atom. The van der Waals surface area contributed by atoms with Gasteiger partial charge < -0.3 is 10.4 Å². The number of rotatable bonds is 2. The van der Waals surface area contributed by atoms with Crippen molar-refractivity contribution >= 4 is 0 Å². The van der Waals surface area contributed by atoms with Crippen molar-refractivity contribution in [3.05, 3.63) is 29.1 Å². The SMILES string of the molecule is Cc1cc(O)c(CC2CCNC2)cc1F. The number of hydrogen-bond acceptors (Lipinski definition) is 2. The van der Waals surface area contributed by atoms with Crippen LogP contribution in [0.25, 0.3) is 0 Å². The Morgan fingerprint density at radius 2 is 2.33 bits per heavy atom. The van der Waals surface area contributed by atoms with Crippen molar-refractivity contribution in [3.63, 3.8) is 0 Å². The fourth-order valence-electron chi connectivity index (χ4n) is 2.07. The Balaban J connectivity index is 2.16. The Labute approximate surface area is 89.1 Å². The van der Waals surface area contributed by atoms with Gasteiger partial charge in [0.2, 0.25) is 0 Å². The summed E-state index contributed by atoms with van der Waals surface area (Å²) in [6, 6.07) is 2.97. The molecule has 3 heteroatoms. The first-order chi connectivity index (χ1) is 7.16. The number of hydrogen-bond donors (Lipinski definition) is 2. The van der Waals surface area contributed by atoms with Gasteiger partial charge in [-0.1, -0.05) is 0 Å². The number of phenols is 1. The van der Waals surface area contributed by atoms with E-state index < -0.39 is 0 Å². The molecule has 0 saturated carbocycles. The van der Waals surface area contributed by atoms with Gasteiger partial charge in [0.25, 0.3) is 0 Å². The third kappa shape index (κ3) is 2.29. The molecule has 1 aromatic rings. The fourth-order valence-corrected chi connectivity index (χ4v) is 2.07. The zero-order chi connectivity index (χ0) is 10.8. The lowest BCUT2D eigenvalue weighted by Gasteiger charge is -2.11. The molecule has 0 amide bonds. The van der Waals surface area contributed by atoms with E-state index in [0.29, 0.717) is 11.5 Å². The van der Waals surface area contributed by atoms with E-state index in [-0.39, 0.29) is 11.6 Å². The van der Waals surface area contributed by atoms with Crippen molar-refractivity contribution in [2.75, 3.05) is 13.1 Å². The van der Waals surface area contributed by atoms with E-state index >= 15 is 0 Å². The molecule has 1 heterocycles. The first kappa shape index (κ1) is 10.4. The molecule has 15 heavy (non-hydrogen) atoms. The van der Waals surface area contributed by atoms with E-state index in [0.717, 1.165) is 31.5 Å². The van der Waals surface area contributed by atoms with Gasteiger partial charge in [0.1, 0.15) is 11.6 Å². The summed E-state index contributed by atoms with van der Waals surface area (Å²) in [6.07, 6.45) is 1.87. The van der Waals surface area contributed by atoms with Gasteiger partial charge in [-0.05, 0) is 62.0 Å². The molecule has 0 radical (unpaired) electrons. The van der Waals surface area contributed by atoms with Gasteiger partial charge in [-0.2, -0.15) is 0 Å². The van der Waals surface area contributed by atoms with Crippen LogP contribution >= 0.6 is 0 Å². The summed E-state index contributed by atoms with van der Waals surface area (Å²) in [5.74, 6) is 0.521. The molecule has 82 valence electrons. The summed E-state index contributed by atoms with van der Waals surface area (Å²) < 4.78 is 13.3. The minimum absolute atomic E-state index is 0.223. The van der Waals surface area contributed by atoms with E-state index in [1.807, 2.05) is 0 Å². The maximum absolute atomic E-state index is 13.3. The number of halogens is 1. The predicted octanol–water partition coefficient (Wildman–Crippen LogP) is 1.99. The Bertz CT molecular complexity index is 359. The zero-order valence-corrected chi connectivity index (χ0v) is 8.89. The number of benzene rings is 1. The lowest BCUT2D eigenvalue weighted by molar-refractivity contribution is 0.455. The van der Waals surface area contributed by atoms with Crippen molar-refractivity contribution < 1.29 is 9.50 Å². The second-order valence-electron chi connectivity index (χ2n) is 4.29. The summed E-state index contributed by atoms with van der Waals surface area (Å²) in [4.78, 5) is 0. The molecular formula is C12H16FNO. The second kappa shape index (κ2) is 4.19. The maximum Gasteiger partial charge on any atom is 0.126 e. The molecule has 1 aliphatic rings. The summed E-state index contributed by atoms with van der Waals surface area (Å²) >= 11 is 0. The monoisotopic (exact) mass is 209 g/mol. The molecule has 2 nitrogen and oxygen atoms in total. The first-order valence-electron chi connectivity index (χ1n) is 5.35. The van der Waals surface area contributed by atoms with Crippen molar-refractivity contribution in [3.8, 4) is 5.75 Å². The normalized spacial score (nSPS) is 20.8. The van der Waals surface area contributed by atoms with Crippen LogP contribution in [-0.2, 0) is 6.42 Å². The largest absolute Gasteiger partial charge is 0.508 e. The molecule has 1 atom stereocenters. The predicted molar refractivity (Wildman–Crippen MR) is 57.5 cm³/mol. The third-order valence-electron chi connectivity index (χ3n) is 3.03. The van der Waals surface area contributed by atoms with Gasteiger partial charge in [0.15, 0.2) is 0 Å². The average molecular weight is 209 g/mol. The highest BCUT2D eigenvalue weighted by Crippen LogP contribution is 2.25. The molecule has 1 fully saturated rings. The van der Waals surface area contributed by atoms with Gasteiger partial charge in [-0.3, -0.25) is 0 Å². The van der Waals surface area contributed by atoms with Crippen molar-refractivity contribution in [2.24, 2.45) is 5.92 Å². The maximum atomic E-state index is 13.3. The number of nitrogens with one attached hydrogen (secondary N) is 1. The van der Waals surface area contributed by atoms with E-state index in [4.69, 9.17) is 0 Å². The molecular weight excluding hydrogens is 193 g/mol. The zero-order valence-electron chi connectivity index (χ0n) is 8.89. The molecule has 2 N–H and O–H groups in total. The number of aryl methyl sites for hydroxylation is 1. The highest BCUT2D eigenvalue weighted by atomic mass is 19.1. The molecule has 1 unspecified atom stereocenters. The molecule has 0 aromatic heterocycles. The second-order valence-corrected chi connectivity index (χ2v) is 4.29. The van der Waals surface area contributed by atoms with Crippen LogP contribution in [0.3, 0.4) is 0 Å². The van der Waals surface area contributed by atoms with Gasteiger partial charge in [0, 0.05) is 0 Å². The Kier molecular flexibility index (Phi) is 2.91. The van der Waals surface area contributed by atoms with E-state index in [1.54, 1.807) is 6.92 Å². The fraction of sp³-hybridized carbons (Fsp3) is 0.500. The molecule has 1 saturated heterocycles. The highest BCUT2D eigenvalue weighted by molar-refractivity contribution is 5.37. The minimum atomic E-state index is -0.228. The van der Waals surface area contributed by atoms with Crippen LogP contribution in [0.1, 0.15) is 17.5 Å². The highest BCUT2D eigenvalue weighted by Gasteiger charge is 2.17. The molecule has 1 aliphatic heterocycles. The Morgan fingerprint density at radius 1 is 1.53 bits per heavy atom. The van der Waals surface area contributed by atoms with Crippen LogP contribution in [0.15, 0.2) is 12.1 Å². The van der Waals surface area contributed by atoms with Gasteiger partial charge in [-0.15, -0.1) is 0 Å². The minimum Gasteiger partial charge on any atom is -0.508 e. The van der Waals surface area contributed by atoms with Gasteiger partial charge in [-0.25, -0.2) is 4.39 Å². The van der Waals surface area contributed by atoms with Crippen molar-refractivity contribution in [1.82, 2.24) is 5.32 Å². The van der Waals surface area contributed by atoms with Crippen molar-refractivity contribution in [2.45, 2.75) is 19.8 Å². The molecule has 0 bridgehead atoms. The lowest BCUT2D eigenvalue weighted by atomic mass is 9.97. The molecule has 1 aromatic carbocycles. The molecule has 0 aliphatic carbocycles.